The molecule has 0 aliphatic rings. The molecule has 4 aromatic rings. The molecule has 0 aliphatic heterocycles. The van der Waals surface area contributed by atoms with E-state index < -0.39 is 0 Å². The summed E-state index contributed by atoms with van der Waals surface area (Å²) in [5.74, 6) is 0. The van der Waals surface area contributed by atoms with E-state index in [0.717, 1.165) is 34.4 Å². The molecule has 4 rings (SSSR count). The minimum atomic E-state index is 0.659. The molecule has 0 aliphatic carbocycles. The summed E-state index contributed by atoms with van der Waals surface area (Å²) in [6.07, 6.45) is 15.8. The number of rotatable bonds is 8. The average Bonchev–Trinajstić information content (AvgIpc) is 2.87. The zero-order valence-electron chi connectivity index (χ0n) is 20.1. The number of allylic oxidation sites excluding steroid dienone is 2. The van der Waals surface area contributed by atoms with E-state index in [2.05, 4.69) is 73.3 Å². The van der Waals surface area contributed by atoms with E-state index >= 15 is 0 Å². The van der Waals surface area contributed by atoms with Gasteiger partial charge in [-0.15, -0.1) is 0 Å². The van der Waals surface area contributed by atoms with Crippen molar-refractivity contribution in [1.29, 1.82) is 5.26 Å². The molecule has 0 aromatic heterocycles. The van der Waals surface area contributed by atoms with Crippen molar-refractivity contribution in [3.63, 3.8) is 0 Å². The lowest BCUT2D eigenvalue weighted by atomic mass is 9.89. The first-order valence-electron chi connectivity index (χ1n) is 12.3. The van der Waals surface area contributed by atoms with Crippen LogP contribution in [0, 0.1) is 17.9 Å². The smallest absolute Gasteiger partial charge is 0.187 e. The SMILES string of the molecule is [C-]#[N+]c1ccc2c(/C=C/CCCC)c3cc4cc(C#N)ccc4c(/C=C/CCCC)c3cc2c1. The van der Waals surface area contributed by atoms with Crippen LogP contribution in [0.25, 0.3) is 49.3 Å². The molecular weight excluding hydrogens is 412 g/mol. The summed E-state index contributed by atoms with van der Waals surface area (Å²) in [5.41, 5.74) is 3.71. The van der Waals surface area contributed by atoms with Crippen molar-refractivity contribution in [2.75, 3.05) is 0 Å². The Hall–Kier alpha value is -3.88. The zero-order valence-corrected chi connectivity index (χ0v) is 20.1. The molecule has 0 bridgehead atoms. The first-order valence-corrected chi connectivity index (χ1v) is 12.3. The molecule has 168 valence electrons. The third kappa shape index (κ3) is 4.73. The highest BCUT2D eigenvalue weighted by molar-refractivity contribution is 6.15. The quantitative estimate of drug-likeness (QED) is 0.151. The van der Waals surface area contributed by atoms with Crippen molar-refractivity contribution in [2.45, 2.75) is 52.4 Å². The lowest BCUT2D eigenvalue weighted by molar-refractivity contribution is 0.816. The lowest BCUT2D eigenvalue weighted by Crippen LogP contribution is -1.90. The summed E-state index contributed by atoms with van der Waals surface area (Å²) in [4.78, 5) is 3.67. The monoisotopic (exact) mass is 442 g/mol. The second-order valence-electron chi connectivity index (χ2n) is 8.83. The fourth-order valence-electron chi connectivity index (χ4n) is 4.59. The van der Waals surface area contributed by atoms with Crippen LogP contribution in [-0.4, -0.2) is 0 Å². The summed E-state index contributed by atoms with van der Waals surface area (Å²) in [6.45, 7) is 11.9. The van der Waals surface area contributed by atoms with Gasteiger partial charge in [0, 0.05) is 0 Å². The Balaban J connectivity index is 2.09. The van der Waals surface area contributed by atoms with Crippen LogP contribution in [0.3, 0.4) is 0 Å². The van der Waals surface area contributed by atoms with Crippen LogP contribution in [0.15, 0.2) is 60.7 Å². The summed E-state index contributed by atoms with van der Waals surface area (Å²) < 4.78 is 0. The normalized spacial score (nSPS) is 11.6. The highest BCUT2D eigenvalue weighted by Gasteiger charge is 2.13. The summed E-state index contributed by atoms with van der Waals surface area (Å²) in [5, 5.41) is 16.4. The Morgan fingerprint density at radius 2 is 1.32 bits per heavy atom. The molecule has 0 atom stereocenters. The molecule has 0 saturated heterocycles. The largest absolute Gasteiger partial charge is 0.238 e. The number of hydrogen-bond donors (Lipinski definition) is 0. The average molecular weight is 443 g/mol. The van der Waals surface area contributed by atoms with E-state index in [-0.39, 0.29) is 0 Å². The number of unbranched alkanes of at least 4 members (excludes halogenated alkanes) is 4. The van der Waals surface area contributed by atoms with Gasteiger partial charge in [-0.25, -0.2) is 4.85 Å². The van der Waals surface area contributed by atoms with Crippen LogP contribution in [0.2, 0.25) is 0 Å². The van der Waals surface area contributed by atoms with Gasteiger partial charge in [-0.1, -0.05) is 82.0 Å². The molecule has 0 heterocycles. The van der Waals surface area contributed by atoms with Gasteiger partial charge in [0.15, 0.2) is 5.69 Å². The number of benzene rings is 4. The standard InChI is InChI=1S/C32H30N2/c1-4-6-8-10-12-29-27-16-14-23(22-33)18-24(27)20-31-30(13-11-9-7-5-2)28-17-15-26(34-3)19-25(28)21-32(29)31/h10-21H,4-9H2,1-2H3/b12-10+,13-11+. The van der Waals surface area contributed by atoms with Gasteiger partial charge in [0.2, 0.25) is 0 Å². The van der Waals surface area contributed by atoms with E-state index in [1.165, 1.54) is 47.6 Å². The fourth-order valence-corrected chi connectivity index (χ4v) is 4.59. The van der Waals surface area contributed by atoms with Crippen LogP contribution >= 0.6 is 0 Å². The minimum Gasteiger partial charge on any atom is -0.238 e. The highest BCUT2D eigenvalue weighted by atomic mass is 14.6. The molecule has 34 heavy (non-hydrogen) atoms. The maximum atomic E-state index is 9.49. The summed E-state index contributed by atoms with van der Waals surface area (Å²) in [6, 6.07) is 18.7. The van der Waals surface area contributed by atoms with Crippen LogP contribution < -0.4 is 0 Å². The molecule has 0 fully saturated rings. The van der Waals surface area contributed by atoms with Crippen LogP contribution in [0.1, 0.15) is 69.1 Å². The second-order valence-corrected chi connectivity index (χ2v) is 8.83. The molecule has 0 N–H and O–H groups in total. The number of nitriles is 1. The third-order valence-corrected chi connectivity index (χ3v) is 6.41. The molecule has 0 unspecified atom stereocenters. The topological polar surface area (TPSA) is 28.1 Å². The molecule has 0 amide bonds. The molecule has 0 saturated carbocycles. The van der Waals surface area contributed by atoms with Gasteiger partial charge >= 0.3 is 0 Å². The van der Waals surface area contributed by atoms with Gasteiger partial charge in [-0.05, 0) is 86.6 Å². The summed E-state index contributed by atoms with van der Waals surface area (Å²) in [7, 11) is 0. The van der Waals surface area contributed by atoms with Crippen molar-refractivity contribution >= 4 is 50.2 Å². The highest BCUT2D eigenvalue weighted by Crippen LogP contribution is 2.38. The Kier molecular flexibility index (Phi) is 7.41. The zero-order chi connectivity index (χ0) is 23.9. The Bertz CT molecular complexity index is 1370. The van der Waals surface area contributed by atoms with Crippen molar-refractivity contribution in [2.24, 2.45) is 0 Å². The Labute approximate surface area is 202 Å². The Morgan fingerprint density at radius 1 is 0.765 bits per heavy atom. The fraction of sp³-hybridized carbons (Fsp3) is 0.250. The Morgan fingerprint density at radius 3 is 1.85 bits per heavy atom. The lowest BCUT2D eigenvalue weighted by Gasteiger charge is -2.14. The molecule has 2 heteroatoms. The van der Waals surface area contributed by atoms with Crippen LogP contribution in [-0.2, 0) is 0 Å². The van der Waals surface area contributed by atoms with E-state index in [1.807, 2.05) is 24.3 Å². The van der Waals surface area contributed by atoms with Crippen LogP contribution in [0.5, 0.6) is 0 Å². The van der Waals surface area contributed by atoms with Gasteiger partial charge in [0.05, 0.1) is 18.2 Å². The predicted molar refractivity (Wildman–Crippen MR) is 147 cm³/mol. The first-order chi connectivity index (χ1) is 16.7. The van der Waals surface area contributed by atoms with Crippen molar-refractivity contribution in [3.05, 3.63) is 88.8 Å². The molecule has 2 nitrogen and oxygen atoms in total. The van der Waals surface area contributed by atoms with E-state index in [0.29, 0.717) is 11.3 Å². The van der Waals surface area contributed by atoms with Gasteiger partial charge in [-0.3, -0.25) is 0 Å². The van der Waals surface area contributed by atoms with Crippen molar-refractivity contribution < 1.29 is 0 Å². The second kappa shape index (κ2) is 10.8. The van der Waals surface area contributed by atoms with Crippen LogP contribution in [0.4, 0.5) is 5.69 Å². The van der Waals surface area contributed by atoms with Gasteiger partial charge in [0.25, 0.3) is 0 Å². The number of fused-ring (bicyclic) bond motifs is 3. The molecule has 0 radical (unpaired) electrons. The number of hydrogen-bond acceptors (Lipinski definition) is 1. The maximum absolute atomic E-state index is 9.49. The molecule has 0 spiro atoms. The van der Waals surface area contributed by atoms with Gasteiger partial charge < -0.3 is 0 Å². The number of nitrogens with zero attached hydrogens (tertiary/aromatic N) is 2. The van der Waals surface area contributed by atoms with Crippen molar-refractivity contribution in [1.82, 2.24) is 0 Å². The first kappa shape index (κ1) is 23.3. The maximum Gasteiger partial charge on any atom is 0.187 e. The van der Waals surface area contributed by atoms with E-state index in [4.69, 9.17) is 6.57 Å². The van der Waals surface area contributed by atoms with Crippen molar-refractivity contribution in [3.8, 4) is 6.07 Å². The minimum absolute atomic E-state index is 0.659. The predicted octanol–water partition coefficient (Wildman–Crippen LogP) is 9.98. The van der Waals surface area contributed by atoms with Gasteiger partial charge in [-0.2, -0.15) is 5.26 Å². The molecule has 4 aromatic carbocycles. The molecular formula is C32H30N2. The van der Waals surface area contributed by atoms with E-state index in [9.17, 15) is 5.26 Å². The summed E-state index contributed by atoms with van der Waals surface area (Å²) >= 11 is 0. The third-order valence-electron chi connectivity index (χ3n) is 6.41. The van der Waals surface area contributed by atoms with Gasteiger partial charge in [0.1, 0.15) is 0 Å². The van der Waals surface area contributed by atoms with E-state index in [1.54, 1.807) is 0 Å².